The van der Waals surface area contributed by atoms with E-state index >= 15 is 0 Å². The molecule has 0 fully saturated rings. The molecule has 0 saturated carbocycles. The van der Waals surface area contributed by atoms with Crippen LogP contribution in [0.1, 0.15) is 19.4 Å². The molecule has 2 aromatic heterocycles. The summed E-state index contributed by atoms with van der Waals surface area (Å²) in [4.78, 5) is 6.42. The van der Waals surface area contributed by atoms with Crippen LogP contribution in [-0.2, 0) is 6.54 Å². The molecule has 0 spiro atoms. The zero-order valence-electron chi connectivity index (χ0n) is 12.0. The van der Waals surface area contributed by atoms with Gasteiger partial charge in [-0.25, -0.2) is 0 Å². The molecule has 0 radical (unpaired) electrons. The van der Waals surface area contributed by atoms with E-state index in [-0.39, 0.29) is 6.04 Å². The average Bonchev–Trinajstić information content (AvgIpc) is 2.95. The topological polar surface area (TPSA) is 85.2 Å². The minimum atomic E-state index is 0.277. The lowest BCUT2D eigenvalue weighted by Crippen LogP contribution is -2.32. The van der Waals surface area contributed by atoms with Crippen LogP contribution in [0.15, 0.2) is 36.7 Å². The number of tetrazole rings is 1. The molecule has 0 amide bonds. The molecule has 21 heavy (non-hydrogen) atoms. The second-order valence-corrected chi connectivity index (χ2v) is 5.18. The van der Waals surface area contributed by atoms with Crippen molar-refractivity contribution in [3.8, 4) is 0 Å². The molecule has 0 aliphatic rings. The molecule has 2 N–H and O–H groups in total. The van der Waals surface area contributed by atoms with Crippen LogP contribution in [0, 0.1) is 0 Å². The number of nitrogens with two attached hydrogens (primary N) is 1. The fourth-order valence-corrected chi connectivity index (χ4v) is 2.21. The number of nitrogen functional groups attached to an aromatic ring is 1. The number of hydrogen-bond acceptors (Lipinski definition) is 6. The first-order chi connectivity index (χ1) is 10.1. The predicted molar refractivity (Wildman–Crippen MR) is 80.8 cm³/mol. The number of anilines is 2. The van der Waals surface area contributed by atoms with E-state index in [1.807, 2.05) is 24.3 Å². The Balaban J connectivity index is 1.98. The predicted octanol–water partition coefficient (Wildman–Crippen LogP) is 1.52. The van der Waals surface area contributed by atoms with Crippen LogP contribution in [0.3, 0.4) is 0 Å². The fraction of sp³-hybridized carbons (Fsp3) is 0.286. The minimum Gasteiger partial charge on any atom is -0.399 e. The number of fused-ring (bicyclic) bond motifs is 1. The summed E-state index contributed by atoms with van der Waals surface area (Å²) in [6.45, 7) is 4.99. The van der Waals surface area contributed by atoms with E-state index in [0.717, 1.165) is 18.1 Å². The van der Waals surface area contributed by atoms with Crippen molar-refractivity contribution in [2.45, 2.75) is 26.4 Å². The molecule has 0 saturated heterocycles. The monoisotopic (exact) mass is 283 g/mol. The summed E-state index contributed by atoms with van der Waals surface area (Å²) in [6, 6.07) is 8.14. The Morgan fingerprint density at radius 1 is 1.19 bits per heavy atom. The summed E-state index contributed by atoms with van der Waals surface area (Å²) in [6.07, 6.45) is 3.42. The van der Waals surface area contributed by atoms with E-state index in [9.17, 15) is 0 Å². The van der Waals surface area contributed by atoms with Gasteiger partial charge in [0.1, 0.15) is 0 Å². The third-order valence-electron chi connectivity index (χ3n) is 3.34. The van der Waals surface area contributed by atoms with Crippen LogP contribution in [0.25, 0.3) is 5.65 Å². The second-order valence-electron chi connectivity index (χ2n) is 5.18. The molecule has 0 aliphatic carbocycles. The van der Waals surface area contributed by atoms with E-state index < -0.39 is 0 Å². The number of nitrogens with zero attached hydrogens (tertiary/aromatic N) is 6. The molecule has 7 heteroatoms. The van der Waals surface area contributed by atoms with Gasteiger partial charge in [-0.05, 0) is 42.0 Å². The Bertz CT molecular complexity index is 732. The van der Waals surface area contributed by atoms with E-state index in [1.165, 1.54) is 5.56 Å². The first kappa shape index (κ1) is 13.3. The zero-order chi connectivity index (χ0) is 14.8. The molecule has 1 aromatic carbocycles. The number of hydrogen-bond donors (Lipinski definition) is 1. The maximum atomic E-state index is 5.73. The maximum Gasteiger partial charge on any atom is 0.199 e. The van der Waals surface area contributed by atoms with Gasteiger partial charge in [0, 0.05) is 18.3 Å². The van der Waals surface area contributed by atoms with Gasteiger partial charge in [0.25, 0.3) is 0 Å². The fourth-order valence-electron chi connectivity index (χ4n) is 2.21. The lowest BCUT2D eigenvalue weighted by Gasteiger charge is -2.28. The molecular weight excluding hydrogens is 266 g/mol. The smallest absolute Gasteiger partial charge is 0.199 e. The lowest BCUT2D eigenvalue weighted by molar-refractivity contribution is 0.652. The molecule has 3 aromatic rings. The van der Waals surface area contributed by atoms with Crippen molar-refractivity contribution >= 4 is 17.2 Å². The Hall–Kier alpha value is -2.70. The van der Waals surface area contributed by atoms with Gasteiger partial charge in [0.15, 0.2) is 11.5 Å². The van der Waals surface area contributed by atoms with Gasteiger partial charge < -0.3 is 10.6 Å². The third-order valence-corrected chi connectivity index (χ3v) is 3.34. The number of rotatable bonds is 4. The van der Waals surface area contributed by atoms with Gasteiger partial charge in [-0.3, -0.25) is 4.98 Å². The zero-order valence-corrected chi connectivity index (χ0v) is 12.0. The highest BCUT2D eigenvalue weighted by Crippen LogP contribution is 2.19. The molecule has 0 atom stereocenters. The van der Waals surface area contributed by atoms with E-state index in [0.29, 0.717) is 5.65 Å². The van der Waals surface area contributed by atoms with Gasteiger partial charge in [-0.2, -0.15) is 4.52 Å². The summed E-state index contributed by atoms with van der Waals surface area (Å²) in [5, 5.41) is 11.7. The van der Waals surface area contributed by atoms with Gasteiger partial charge in [-0.15, -0.1) is 5.10 Å². The molecule has 7 nitrogen and oxygen atoms in total. The van der Waals surface area contributed by atoms with Gasteiger partial charge in [-0.1, -0.05) is 12.1 Å². The maximum absolute atomic E-state index is 5.73. The first-order valence-corrected chi connectivity index (χ1v) is 6.78. The van der Waals surface area contributed by atoms with Crippen molar-refractivity contribution in [3.05, 3.63) is 42.2 Å². The summed E-state index contributed by atoms with van der Waals surface area (Å²) in [7, 11) is 0. The van der Waals surface area contributed by atoms with Gasteiger partial charge >= 0.3 is 0 Å². The standard InChI is InChI=1S/C14H17N7/c1-10(2)20(9-11-3-5-12(15)6-4-11)14-8-16-7-13-17-18-19-21(13)14/h3-8,10H,9,15H2,1-2H3. The van der Waals surface area contributed by atoms with E-state index in [1.54, 1.807) is 16.9 Å². The highest BCUT2D eigenvalue weighted by atomic mass is 15.5. The molecule has 108 valence electrons. The minimum absolute atomic E-state index is 0.277. The van der Waals surface area contributed by atoms with Crippen LogP contribution in [0.2, 0.25) is 0 Å². The van der Waals surface area contributed by atoms with Crippen molar-refractivity contribution in [1.29, 1.82) is 0 Å². The molecular formula is C14H17N7. The van der Waals surface area contributed by atoms with Gasteiger partial charge in [0.2, 0.25) is 0 Å². The summed E-state index contributed by atoms with van der Waals surface area (Å²) >= 11 is 0. The third kappa shape index (κ3) is 2.62. The van der Waals surface area contributed by atoms with Crippen LogP contribution >= 0.6 is 0 Å². The highest BCUT2D eigenvalue weighted by Gasteiger charge is 2.16. The van der Waals surface area contributed by atoms with E-state index in [2.05, 4.69) is 39.3 Å². The van der Waals surface area contributed by atoms with Crippen LogP contribution in [0.4, 0.5) is 11.5 Å². The highest BCUT2D eigenvalue weighted by molar-refractivity contribution is 5.48. The molecule has 0 bridgehead atoms. The quantitative estimate of drug-likeness (QED) is 0.731. The largest absolute Gasteiger partial charge is 0.399 e. The molecule has 3 rings (SSSR count). The summed E-state index contributed by atoms with van der Waals surface area (Å²) in [5.74, 6) is 0.865. The van der Waals surface area contributed by atoms with E-state index in [4.69, 9.17) is 5.73 Å². The van der Waals surface area contributed by atoms with Crippen molar-refractivity contribution in [2.75, 3.05) is 10.6 Å². The average molecular weight is 283 g/mol. The van der Waals surface area contributed by atoms with Gasteiger partial charge in [0.05, 0.1) is 12.4 Å². The Morgan fingerprint density at radius 2 is 1.95 bits per heavy atom. The van der Waals surface area contributed by atoms with Crippen LogP contribution < -0.4 is 10.6 Å². The van der Waals surface area contributed by atoms with Crippen LogP contribution in [0.5, 0.6) is 0 Å². The number of aromatic nitrogens is 5. The molecule has 0 unspecified atom stereocenters. The molecule has 2 heterocycles. The Labute approximate surface area is 122 Å². The normalized spacial score (nSPS) is 11.2. The lowest BCUT2D eigenvalue weighted by atomic mass is 10.1. The second kappa shape index (κ2) is 5.35. The Morgan fingerprint density at radius 3 is 2.67 bits per heavy atom. The van der Waals surface area contributed by atoms with Crippen molar-refractivity contribution in [2.24, 2.45) is 0 Å². The SMILES string of the molecule is CC(C)N(Cc1ccc(N)cc1)c1cncc2nnnn12. The Kier molecular flexibility index (Phi) is 3.39. The molecule has 0 aliphatic heterocycles. The number of benzene rings is 1. The summed E-state index contributed by atoms with van der Waals surface area (Å²) in [5.41, 5.74) is 8.30. The van der Waals surface area contributed by atoms with Crippen molar-refractivity contribution in [1.82, 2.24) is 25.0 Å². The van der Waals surface area contributed by atoms with Crippen molar-refractivity contribution in [3.63, 3.8) is 0 Å². The van der Waals surface area contributed by atoms with Crippen molar-refractivity contribution < 1.29 is 0 Å². The van der Waals surface area contributed by atoms with Crippen LogP contribution in [-0.4, -0.2) is 31.1 Å². The summed E-state index contributed by atoms with van der Waals surface area (Å²) < 4.78 is 1.70. The first-order valence-electron chi connectivity index (χ1n) is 6.78.